The molecule has 0 aliphatic carbocycles. The van der Waals surface area contributed by atoms with Crippen LogP contribution in [0.5, 0.6) is 0 Å². The first-order valence-corrected chi connectivity index (χ1v) is 12.6. The molecule has 4 rings (SSSR count). The molecule has 2 N–H and O–H groups in total. The van der Waals surface area contributed by atoms with Crippen LogP contribution in [0.2, 0.25) is 5.02 Å². The van der Waals surface area contributed by atoms with Gasteiger partial charge in [-0.1, -0.05) is 79.2 Å². The topological polar surface area (TPSA) is 63.1 Å². The Kier molecular flexibility index (Phi) is 7.62. The van der Waals surface area contributed by atoms with E-state index < -0.39 is 0 Å². The van der Waals surface area contributed by atoms with E-state index in [0.717, 1.165) is 12.0 Å². The number of fused-ring (bicyclic) bond motifs is 1. The van der Waals surface area contributed by atoms with Gasteiger partial charge in [0.2, 0.25) is 0 Å². The SMILES string of the molecule is CC[C@H](NC(=O)c1c(CNC(C)(C)C)n(-c2ccccc2)c(=O)c2c(Cl)cccc12)c1ccccc1. The Balaban J connectivity index is 1.98. The number of halogens is 1. The number of carbonyl (C=O) groups is 1. The molecule has 4 aromatic rings. The van der Waals surface area contributed by atoms with E-state index in [1.165, 1.54) is 0 Å². The van der Waals surface area contributed by atoms with Crippen LogP contribution in [0, 0.1) is 0 Å². The van der Waals surface area contributed by atoms with Gasteiger partial charge < -0.3 is 10.6 Å². The minimum Gasteiger partial charge on any atom is -0.345 e. The fourth-order valence-electron chi connectivity index (χ4n) is 4.41. The number of benzene rings is 3. The van der Waals surface area contributed by atoms with Crippen molar-refractivity contribution < 1.29 is 4.79 Å². The lowest BCUT2D eigenvalue weighted by Gasteiger charge is -2.26. The van der Waals surface area contributed by atoms with Crippen molar-refractivity contribution in [2.24, 2.45) is 0 Å². The van der Waals surface area contributed by atoms with Crippen LogP contribution in [0.25, 0.3) is 16.5 Å². The minimum absolute atomic E-state index is 0.173. The zero-order chi connectivity index (χ0) is 25.9. The van der Waals surface area contributed by atoms with Crippen LogP contribution in [0.4, 0.5) is 0 Å². The molecule has 0 bridgehead atoms. The van der Waals surface area contributed by atoms with Crippen LogP contribution < -0.4 is 16.2 Å². The molecule has 0 aliphatic heterocycles. The smallest absolute Gasteiger partial charge is 0.264 e. The molecular formula is C30H32ClN3O2. The van der Waals surface area contributed by atoms with Crippen molar-refractivity contribution in [3.8, 4) is 5.69 Å². The molecule has 1 aromatic heterocycles. The fraction of sp³-hybridized carbons (Fsp3) is 0.267. The number of para-hydroxylation sites is 1. The molecule has 0 saturated heterocycles. The average molecular weight is 502 g/mol. The highest BCUT2D eigenvalue weighted by molar-refractivity contribution is 6.36. The highest BCUT2D eigenvalue weighted by atomic mass is 35.5. The minimum atomic E-state index is -0.251. The Labute approximate surface area is 217 Å². The molecule has 0 aliphatic rings. The summed E-state index contributed by atoms with van der Waals surface area (Å²) in [4.78, 5) is 27.9. The van der Waals surface area contributed by atoms with E-state index in [0.29, 0.717) is 39.3 Å². The summed E-state index contributed by atoms with van der Waals surface area (Å²) < 4.78 is 1.62. The van der Waals surface area contributed by atoms with E-state index in [1.54, 1.807) is 22.8 Å². The fourth-order valence-corrected chi connectivity index (χ4v) is 4.66. The molecule has 5 nitrogen and oxygen atoms in total. The molecule has 0 unspecified atom stereocenters. The summed E-state index contributed by atoms with van der Waals surface area (Å²) in [6.45, 7) is 8.52. The van der Waals surface area contributed by atoms with Crippen molar-refractivity contribution in [1.29, 1.82) is 0 Å². The standard InChI is InChI=1S/C30H32ClN3O2/c1-5-24(20-13-8-6-9-14-20)33-28(35)27-22-17-12-18-23(31)26(22)29(36)34(21-15-10-7-11-16-21)25(27)19-32-30(2,3)4/h6-18,24,32H,5,19H2,1-4H3,(H,33,35)/t24-/m0/s1. The largest absolute Gasteiger partial charge is 0.345 e. The number of nitrogens with zero attached hydrogens (tertiary/aromatic N) is 1. The van der Waals surface area contributed by atoms with Gasteiger partial charge in [0.1, 0.15) is 0 Å². The second-order valence-corrected chi connectivity index (χ2v) is 10.3. The monoisotopic (exact) mass is 501 g/mol. The van der Waals surface area contributed by atoms with Crippen molar-refractivity contribution in [2.45, 2.75) is 52.2 Å². The van der Waals surface area contributed by atoms with E-state index in [2.05, 4.69) is 31.4 Å². The van der Waals surface area contributed by atoms with Crippen molar-refractivity contribution in [3.63, 3.8) is 0 Å². The highest BCUT2D eigenvalue weighted by Crippen LogP contribution is 2.29. The average Bonchev–Trinajstić information content (AvgIpc) is 2.86. The van der Waals surface area contributed by atoms with Crippen LogP contribution in [0.3, 0.4) is 0 Å². The van der Waals surface area contributed by atoms with Gasteiger partial charge in [-0.3, -0.25) is 14.2 Å². The molecule has 186 valence electrons. The molecule has 6 heteroatoms. The number of pyridine rings is 1. The van der Waals surface area contributed by atoms with E-state index in [9.17, 15) is 9.59 Å². The Bertz CT molecular complexity index is 1420. The van der Waals surface area contributed by atoms with E-state index in [4.69, 9.17) is 11.6 Å². The predicted molar refractivity (Wildman–Crippen MR) is 148 cm³/mol. The first kappa shape index (κ1) is 25.7. The van der Waals surface area contributed by atoms with Gasteiger partial charge in [0.15, 0.2) is 0 Å². The second-order valence-electron chi connectivity index (χ2n) is 9.91. The Morgan fingerprint density at radius 2 is 1.58 bits per heavy atom. The first-order valence-electron chi connectivity index (χ1n) is 12.2. The van der Waals surface area contributed by atoms with E-state index in [-0.39, 0.29) is 23.0 Å². The van der Waals surface area contributed by atoms with Gasteiger partial charge in [-0.25, -0.2) is 0 Å². The maximum Gasteiger partial charge on any atom is 0.264 e. The molecule has 0 fully saturated rings. The van der Waals surface area contributed by atoms with Gasteiger partial charge in [-0.15, -0.1) is 0 Å². The number of amides is 1. The van der Waals surface area contributed by atoms with Crippen LogP contribution in [0.15, 0.2) is 83.7 Å². The van der Waals surface area contributed by atoms with Crippen LogP contribution in [0.1, 0.15) is 61.8 Å². The van der Waals surface area contributed by atoms with Gasteiger partial charge in [0, 0.05) is 23.2 Å². The summed E-state index contributed by atoms with van der Waals surface area (Å²) in [7, 11) is 0. The van der Waals surface area contributed by atoms with Gasteiger partial charge >= 0.3 is 0 Å². The second kappa shape index (κ2) is 10.7. The van der Waals surface area contributed by atoms with Crippen LogP contribution in [-0.4, -0.2) is 16.0 Å². The molecule has 0 radical (unpaired) electrons. The number of rotatable bonds is 7. The van der Waals surface area contributed by atoms with Crippen molar-refractivity contribution in [1.82, 2.24) is 15.2 Å². The lowest BCUT2D eigenvalue weighted by molar-refractivity contribution is 0.0935. The molecule has 3 aromatic carbocycles. The normalized spacial score (nSPS) is 12.5. The number of hydrogen-bond acceptors (Lipinski definition) is 3. The maximum absolute atomic E-state index is 14.1. The Morgan fingerprint density at radius 3 is 2.19 bits per heavy atom. The number of aromatic nitrogens is 1. The third kappa shape index (κ3) is 5.38. The van der Waals surface area contributed by atoms with E-state index >= 15 is 0 Å². The number of carbonyl (C=O) groups excluding carboxylic acids is 1. The quantitative estimate of drug-likeness (QED) is 0.307. The predicted octanol–water partition coefficient (Wildman–Crippen LogP) is 6.41. The molecule has 1 amide bonds. The molecule has 1 heterocycles. The third-order valence-electron chi connectivity index (χ3n) is 6.20. The summed E-state index contributed by atoms with van der Waals surface area (Å²) in [5.41, 5.74) is 2.27. The van der Waals surface area contributed by atoms with E-state index in [1.807, 2.05) is 67.6 Å². The number of nitrogens with one attached hydrogen (secondary N) is 2. The van der Waals surface area contributed by atoms with Crippen molar-refractivity contribution >= 4 is 28.3 Å². The van der Waals surface area contributed by atoms with Gasteiger partial charge in [0.05, 0.1) is 27.7 Å². The lowest BCUT2D eigenvalue weighted by atomic mass is 9.99. The molecule has 36 heavy (non-hydrogen) atoms. The third-order valence-corrected chi connectivity index (χ3v) is 6.52. The molecule has 1 atom stereocenters. The zero-order valence-electron chi connectivity index (χ0n) is 21.1. The maximum atomic E-state index is 14.1. The molecule has 0 spiro atoms. The number of hydrogen-bond donors (Lipinski definition) is 2. The summed E-state index contributed by atoms with van der Waals surface area (Å²) >= 11 is 6.57. The Morgan fingerprint density at radius 1 is 0.944 bits per heavy atom. The highest BCUT2D eigenvalue weighted by Gasteiger charge is 2.26. The summed E-state index contributed by atoms with van der Waals surface area (Å²) in [5, 5.41) is 7.90. The first-order chi connectivity index (χ1) is 17.2. The molecule has 0 saturated carbocycles. The lowest BCUT2D eigenvalue weighted by Crippen LogP contribution is -2.39. The van der Waals surface area contributed by atoms with Gasteiger partial charge in [-0.05, 0) is 51.0 Å². The van der Waals surface area contributed by atoms with Crippen LogP contribution >= 0.6 is 11.6 Å². The zero-order valence-corrected chi connectivity index (χ0v) is 21.9. The Hall–Kier alpha value is -3.41. The summed E-state index contributed by atoms with van der Waals surface area (Å²) in [5.74, 6) is -0.242. The van der Waals surface area contributed by atoms with Gasteiger partial charge in [0.25, 0.3) is 11.5 Å². The molecular weight excluding hydrogens is 470 g/mol. The van der Waals surface area contributed by atoms with Crippen LogP contribution in [-0.2, 0) is 6.54 Å². The van der Waals surface area contributed by atoms with Crippen molar-refractivity contribution in [3.05, 3.63) is 111 Å². The summed E-state index contributed by atoms with van der Waals surface area (Å²) in [6, 6.07) is 24.4. The van der Waals surface area contributed by atoms with Crippen molar-refractivity contribution in [2.75, 3.05) is 0 Å². The van der Waals surface area contributed by atoms with Gasteiger partial charge in [-0.2, -0.15) is 0 Å². The summed E-state index contributed by atoms with van der Waals surface area (Å²) in [6.07, 6.45) is 0.725.